The van der Waals surface area contributed by atoms with Crippen LogP contribution in [0.15, 0.2) is 42.5 Å². The topological polar surface area (TPSA) is 127 Å². The molecule has 1 aromatic carbocycles. The minimum atomic E-state index is -0.587. The average Bonchev–Trinajstić information content (AvgIpc) is 3.33. The van der Waals surface area contributed by atoms with Crippen LogP contribution in [0.5, 0.6) is 5.88 Å². The second-order valence-electron chi connectivity index (χ2n) is 11.6. The lowest BCUT2D eigenvalue weighted by molar-refractivity contribution is -0.119. The predicted octanol–water partition coefficient (Wildman–Crippen LogP) is 3.28. The third kappa shape index (κ3) is 4.68. The first-order valence-corrected chi connectivity index (χ1v) is 13.3. The van der Waals surface area contributed by atoms with E-state index in [4.69, 9.17) is 10.5 Å². The Kier molecular flexibility index (Phi) is 6.00. The lowest BCUT2D eigenvalue weighted by atomic mass is 9.50. The number of primary amides is 1. The van der Waals surface area contributed by atoms with Gasteiger partial charge in [-0.25, -0.2) is 9.18 Å². The maximum absolute atomic E-state index is 13.7. The molecule has 0 radical (unpaired) electrons. The van der Waals surface area contributed by atoms with E-state index in [9.17, 15) is 18.8 Å². The summed E-state index contributed by atoms with van der Waals surface area (Å²) in [5.41, 5.74) is 4.91. The first-order valence-electron chi connectivity index (χ1n) is 13.3. The molecule has 4 aliphatic carbocycles. The number of hydrogen-bond acceptors (Lipinski definition) is 6. The first-order chi connectivity index (χ1) is 18.2. The van der Waals surface area contributed by atoms with Gasteiger partial charge in [-0.2, -0.15) is 4.98 Å². The number of nitrogens with two attached hydrogens (primary N) is 1. The molecule has 1 aliphatic heterocycles. The van der Waals surface area contributed by atoms with Gasteiger partial charge in [-0.3, -0.25) is 9.59 Å². The van der Waals surface area contributed by atoms with Crippen LogP contribution in [-0.4, -0.2) is 46.6 Å². The number of halogens is 1. The number of amides is 3. The number of carbonyl (C=O) groups excluding carboxylic acids is 3. The monoisotopic (exact) mass is 521 g/mol. The number of rotatable bonds is 6. The standard InChI is InChI=1S/C28H32FN5O4/c29-20-5-1-4-19(11-20)25(36)32-27-12-17-10-18(13-27)15-28(14-17,16-27)33-26(37)38-23-8-2-7-22(31-23)34-9-3-6-21(34)24(30)35/h1-2,4-5,7-8,11,17-18,21H,3,6,9-10,12-16H2,(H2,30,35)(H,32,36)(H,33,37)/t17?,18?,21-,27?,28?/m0/s1. The highest BCUT2D eigenvalue weighted by molar-refractivity contribution is 5.94. The first kappa shape index (κ1) is 24.6. The minimum Gasteiger partial charge on any atom is -0.391 e. The van der Waals surface area contributed by atoms with E-state index in [-0.39, 0.29) is 11.8 Å². The molecule has 1 saturated heterocycles. The van der Waals surface area contributed by atoms with Gasteiger partial charge >= 0.3 is 6.09 Å². The number of carbonyl (C=O) groups is 3. The van der Waals surface area contributed by atoms with Crippen LogP contribution in [0.4, 0.5) is 15.0 Å². The van der Waals surface area contributed by atoms with Crippen LogP contribution in [0.1, 0.15) is 61.7 Å². The Bertz CT molecular complexity index is 1270. The van der Waals surface area contributed by atoms with E-state index in [1.54, 1.807) is 24.3 Å². The number of benzene rings is 1. The maximum atomic E-state index is 13.7. The van der Waals surface area contributed by atoms with Gasteiger partial charge in [-0.15, -0.1) is 0 Å². The molecule has 3 amide bonds. The van der Waals surface area contributed by atoms with Crippen LogP contribution in [0.2, 0.25) is 0 Å². The van der Waals surface area contributed by atoms with Gasteiger partial charge < -0.3 is 26.0 Å². The molecule has 5 aliphatic rings. The Morgan fingerprint density at radius 3 is 2.45 bits per heavy atom. The van der Waals surface area contributed by atoms with E-state index in [1.807, 2.05) is 4.90 Å². The van der Waals surface area contributed by atoms with Crippen molar-refractivity contribution in [3.63, 3.8) is 0 Å². The predicted molar refractivity (Wildman–Crippen MR) is 137 cm³/mol. The molecule has 4 bridgehead atoms. The average molecular weight is 522 g/mol. The lowest BCUT2D eigenvalue weighted by Crippen LogP contribution is -2.70. The van der Waals surface area contributed by atoms with Gasteiger partial charge in [0.2, 0.25) is 11.8 Å². The van der Waals surface area contributed by atoms with Gasteiger partial charge in [0.15, 0.2) is 0 Å². The van der Waals surface area contributed by atoms with Crippen LogP contribution >= 0.6 is 0 Å². The summed E-state index contributed by atoms with van der Waals surface area (Å²) >= 11 is 0. The van der Waals surface area contributed by atoms with Gasteiger partial charge in [-0.05, 0) is 87.5 Å². The zero-order valence-corrected chi connectivity index (χ0v) is 21.1. The van der Waals surface area contributed by atoms with Gasteiger partial charge in [0.25, 0.3) is 5.91 Å². The van der Waals surface area contributed by atoms with E-state index < -0.39 is 34.9 Å². The number of ether oxygens (including phenoxy) is 1. The minimum absolute atomic E-state index is 0.147. The largest absolute Gasteiger partial charge is 0.414 e. The molecule has 2 heterocycles. The third-order valence-electron chi connectivity index (χ3n) is 8.68. The Balaban J connectivity index is 1.15. The summed E-state index contributed by atoms with van der Waals surface area (Å²) < 4.78 is 19.3. The molecular weight excluding hydrogens is 489 g/mol. The fraction of sp³-hybridized carbons (Fsp3) is 0.500. The highest BCUT2D eigenvalue weighted by atomic mass is 19.1. The smallest absolute Gasteiger partial charge is 0.391 e. The molecule has 3 atom stereocenters. The van der Waals surface area contributed by atoms with Crippen LogP contribution in [0.25, 0.3) is 0 Å². The zero-order chi connectivity index (χ0) is 26.5. The van der Waals surface area contributed by atoms with Crippen LogP contribution < -0.4 is 26.0 Å². The number of pyridine rings is 1. The van der Waals surface area contributed by atoms with Crippen molar-refractivity contribution in [3.8, 4) is 5.88 Å². The maximum Gasteiger partial charge on any atom is 0.414 e. The van der Waals surface area contributed by atoms with Crippen molar-refractivity contribution in [1.82, 2.24) is 15.6 Å². The lowest BCUT2D eigenvalue weighted by Gasteiger charge is -2.62. The fourth-order valence-corrected chi connectivity index (χ4v) is 7.79. The summed E-state index contributed by atoms with van der Waals surface area (Å²) in [6, 6.07) is 10.4. The molecule has 1 aromatic heterocycles. The van der Waals surface area contributed by atoms with Crippen molar-refractivity contribution in [2.24, 2.45) is 17.6 Å². The van der Waals surface area contributed by atoms with Crippen LogP contribution in [0.3, 0.4) is 0 Å². The van der Waals surface area contributed by atoms with Crippen molar-refractivity contribution >= 4 is 23.7 Å². The summed E-state index contributed by atoms with van der Waals surface area (Å²) in [6.45, 7) is 0.658. The van der Waals surface area contributed by atoms with E-state index in [0.717, 1.165) is 38.5 Å². The van der Waals surface area contributed by atoms with E-state index in [1.165, 1.54) is 18.2 Å². The Labute approximate surface area is 220 Å². The highest BCUT2D eigenvalue weighted by Crippen LogP contribution is 2.57. The van der Waals surface area contributed by atoms with Crippen molar-refractivity contribution < 1.29 is 23.5 Å². The van der Waals surface area contributed by atoms with Crippen molar-refractivity contribution in [2.45, 2.75) is 68.5 Å². The second-order valence-corrected chi connectivity index (χ2v) is 11.6. The number of nitrogens with one attached hydrogen (secondary N) is 2. The molecule has 9 nitrogen and oxygen atoms in total. The summed E-state index contributed by atoms with van der Waals surface area (Å²) in [7, 11) is 0. The van der Waals surface area contributed by atoms with E-state index in [0.29, 0.717) is 42.6 Å². The van der Waals surface area contributed by atoms with Crippen molar-refractivity contribution in [3.05, 3.63) is 53.8 Å². The van der Waals surface area contributed by atoms with Crippen molar-refractivity contribution in [2.75, 3.05) is 11.4 Å². The molecule has 4 saturated carbocycles. The summed E-state index contributed by atoms with van der Waals surface area (Å²) in [6.07, 6.45) is 5.97. The summed E-state index contributed by atoms with van der Waals surface area (Å²) in [4.78, 5) is 44.2. The SMILES string of the molecule is NC(=O)[C@@H]1CCCN1c1cccc(OC(=O)NC23CC4CC(C2)CC(NC(=O)c2cccc(F)c2)(C4)C3)n1. The molecule has 10 heteroatoms. The molecule has 2 unspecified atom stereocenters. The van der Waals surface area contributed by atoms with Gasteiger partial charge in [0.05, 0.1) is 0 Å². The quantitative estimate of drug-likeness (QED) is 0.536. The molecule has 200 valence electrons. The second kappa shape index (κ2) is 9.25. The molecule has 2 aromatic rings. The van der Waals surface area contributed by atoms with Gasteiger partial charge in [0.1, 0.15) is 17.7 Å². The number of hydrogen-bond donors (Lipinski definition) is 3. The Morgan fingerprint density at radius 1 is 1.03 bits per heavy atom. The number of aromatic nitrogens is 1. The van der Waals surface area contributed by atoms with Crippen LogP contribution in [-0.2, 0) is 4.79 Å². The molecular formula is C28H32FN5O4. The van der Waals surface area contributed by atoms with E-state index in [2.05, 4.69) is 15.6 Å². The number of nitrogens with zero attached hydrogens (tertiary/aromatic N) is 2. The normalized spacial score (nSPS) is 31.2. The molecule has 4 N–H and O–H groups in total. The molecule has 0 spiro atoms. The van der Waals surface area contributed by atoms with E-state index >= 15 is 0 Å². The Morgan fingerprint density at radius 2 is 1.74 bits per heavy atom. The summed E-state index contributed by atoms with van der Waals surface area (Å²) in [5, 5.41) is 6.35. The highest BCUT2D eigenvalue weighted by Gasteiger charge is 2.59. The molecule has 7 rings (SSSR count). The fourth-order valence-electron chi connectivity index (χ4n) is 7.79. The Hall–Kier alpha value is -3.69. The van der Waals surface area contributed by atoms with Crippen molar-refractivity contribution in [1.29, 1.82) is 0 Å². The molecule has 38 heavy (non-hydrogen) atoms. The van der Waals surface area contributed by atoms with Crippen LogP contribution in [0, 0.1) is 17.7 Å². The zero-order valence-electron chi connectivity index (χ0n) is 21.1. The van der Waals surface area contributed by atoms with Gasteiger partial charge in [-0.1, -0.05) is 12.1 Å². The summed E-state index contributed by atoms with van der Waals surface area (Å²) in [5.74, 6) is 0.324. The number of anilines is 1. The van der Waals surface area contributed by atoms with Gasteiger partial charge in [0, 0.05) is 29.3 Å². The molecule has 5 fully saturated rings. The third-order valence-corrected chi connectivity index (χ3v) is 8.68.